The van der Waals surface area contributed by atoms with Crippen molar-refractivity contribution in [1.82, 2.24) is 10.6 Å². The van der Waals surface area contributed by atoms with Crippen LogP contribution in [0.4, 0.5) is 0 Å². The predicted molar refractivity (Wildman–Crippen MR) is 101 cm³/mol. The van der Waals surface area contributed by atoms with Crippen LogP contribution in [0.3, 0.4) is 0 Å². The van der Waals surface area contributed by atoms with E-state index in [9.17, 15) is 0 Å². The molecule has 2 rings (SSSR count). The van der Waals surface area contributed by atoms with Gasteiger partial charge in [0.05, 0.1) is 14.2 Å². The summed E-state index contributed by atoms with van der Waals surface area (Å²) >= 11 is 0. The molecule has 1 fully saturated rings. The Balaban J connectivity index is 1.88. The normalized spacial score (nSPS) is 16.1. The summed E-state index contributed by atoms with van der Waals surface area (Å²) in [6.45, 7) is 2.38. The van der Waals surface area contributed by atoms with Crippen molar-refractivity contribution in [2.45, 2.75) is 32.2 Å². The van der Waals surface area contributed by atoms with Crippen molar-refractivity contribution >= 4 is 5.96 Å². The standard InChI is InChI=1S/C19H31N3O3/c1-20-18(22-14-19(8-5-9-19)10-11-23-2)21-13-15-6-7-16(24-3)12-17(15)25-4/h6-7,12H,5,8-11,13-14H2,1-4H3,(H2,20,21,22). The molecule has 0 spiro atoms. The van der Waals surface area contributed by atoms with E-state index >= 15 is 0 Å². The lowest BCUT2D eigenvalue weighted by atomic mass is 9.67. The SMILES string of the molecule is CN=C(NCc1ccc(OC)cc1OC)NCC1(CCOC)CCC1. The van der Waals surface area contributed by atoms with Crippen LogP contribution in [0.1, 0.15) is 31.2 Å². The first-order chi connectivity index (χ1) is 12.2. The Kier molecular flexibility index (Phi) is 7.37. The Morgan fingerprint density at radius 2 is 1.96 bits per heavy atom. The number of nitrogens with zero attached hydrogens (tertiary/aromatic N) is 1. The zero-order valence-electron chi connectivity index (χ0n) is 15.9. The minimum absolute atomic E-state index is 0.353. The number of aliphatic imine (C=N–C) groups is 1. The first-order valence-corrected chi connectivity index (χ1v) is 8.81. The van der Waals surface area contributed by atoms with Crippen LogP contribution >= 0.6 is 0 Å². The molecule has 0 amide bonds. The molecule has 0 bridgehead atoms. The van der Waals surface area contributed by atoms with Gasteiger partial charge in [0.1, 0.15) is 11.5 Å². The fourth-order valence-corrected chi connectivity index (χ4v) is 3.18. The maximum absolute atomic E-state index is 5.44. The summed E-state index contributed by atoms with van der Waals surface area (Å²) in [6, 6.07) is 5.83. The highest BCUT2D eigenvalue weighted by Crippen LogP contribution is 2.43. The van der Waals surface area contributed by atoms with E-state index in [0.717, 1.165) is 42.6 Å². The van der Waals surface area contributed by atoms with Gasteiger partial charge in [-0.2, -0.15) is 0 Å². The molecule has 1 aromatic rings. The average molecular weight is 349 g/mol. The van der Waals surface area contributed by atoms with Crippen LogP contribution < -0.4 is 20.1 Å². The molecule has 140 valence electrons. The van der Waals surface area contributed by atoms with Crippen LogP contribution in [-0.4, -0.2) is 47.5 Å². The number of guanidine groups is 1. The number of methoxy groups -OCH3 is 3. The molecule has 0 saturated heterocycles. The van der Waals surface area contributed by atoms with Crippen LogP contribution in [0.5, 0.6) is 11.5 Å². The van der Waals surface area contributed by atoms with E-state index in [-0.39, 0.29) is 0 Å². The fraction of sp³-hybridized carbons (Fsp3) is 0.632. The van der Waals surface area contributed by atoms with Gasteiger partial charge in [-0.1, -0.05) is 6.42 Å². The zero-order chi connectivity index (χ0) is 18.1. The Bertz CT molecular complexity index is 571. The average Bonchev–Trinajstić information content (AvgIpc) is 2.62. The molecule has 0 heterocycles. The Morgan fingerprint density at radius 1 is 1.16 bits per heavy atom. The number of hydrogen-bond donors (Lipinski definition) is 2. The first-order valence-electron chi connectivity index (χ1n) is 8.81. The third-order valence-electron chi connectivity index (χ3n) is 5.05. The van der Waals surface area contributed by atoms with Crippen molar-refractivity contribution in [3.8, 4) is 11.5 Å². The number of rotatable bonds is 9. The summed E-state index contributed by atoms with van der Waals surface area (Å²) in [4.78, 5) is 4.33. The number of nitrogens with one attached hydrogen (secondary N) is 2. The highest BCUT2D eigenvalue weighted by atomic mass is 16.5. The number of hydrogen-bond acceptors (Lipinski definition) is 4. The Labute approximate surface area is 151 Å². The smallest absolute Gasteiger partial charge is 0.191 e. The summed E-state index contributed by atoms with van der Waals surface area (Å²) in [6.07, 6.45) is 4.92. The maximum Gasteiger partial charge on any atom is 0.191 e. The van der Waals surface area contributed by atoms with E-state index in [1.165, 1.54) is 19.3 Å². The molecule has 1 aliphatic rings. The van der Waals surface area contributed by atoms with Gasteiger partial charge in [-0.05, 0) is 36.8 Å². The highest BCUT2D eigenvalue weighted by molar-refractivity contribution is 5.79. The van der Waals surface area contributed by atoms with Gasteiger partial charge < -0.3 is 24.8 Å². The molecular weight excluding hydrogens is 318 g/mol. The second kappa shape index (κ2) is 9.51. The van der Waals surface area contributed by atoms with E-state index in [2.05, 4.69) is 15.6 Å². The lowest BCUT2D eigenvalue weighted by Crippen LogP contribution is -2.46. The van der Waals surface area contributed by atoms with Gasteiger partial charge in [0, 0.05) is 45.5 Å². The summed E-state index contributed by atoms with van der Waals surface area (Å²) in [5.74, 6) is 2.40. The molecule has 0 radical (unpaired) electrons. The van der Waals surface area contributed by atoms with Gasteiger partial charge in [0.25, 0.3) is 0 Å². The summed E-state index contributed by atoms with van der Waals surface area (Å²) in [5.41, 5.74) is 1.41. The third-order valence-corrected chi connectivity index (χ3v) is 5.05. The minimum Gasteiger partial charge on any atom is -0.497 e. The van der Waals surface area contributed by atoms with Crippen molar-refractivity contribution in [3.63, 3.8) is 0 Å². The Hall–Kier alpha value is -1.95. The van der Waals surface area contributed by atoms with E-state index in [0.29, 0.717) is 12.0 Å². The fourth-order valence-electron chi connectivity index (χ4n) is 3.18. The van der Waals surface area contributed by atoms with Crippen LogP contribution in [0, 0.1) is 5.41 Å². The summed E-state index contributed by atoms with van der Waals surface area (Å²) < 4.78 is 15.9. The summed E-state index contributed by atoms with van der Waals surface area (Å²) in [5, 5.41) is 6.83. The monoisotopic (exact) mass is 349 g/mol. The molecule has 0 unspecified atom stereocenters. The quantitative estimate of drug-likeness (QED) is 0.530. The second-order valence-electron chi connectivity index (χ2n) is 6.55. The molecule has 1 saturated carbocycles. The molecule has 0 atom stereocenters. The van der Waals surface area contributed by atoms with E-state index in [1.807, 2.05) is 18.2 Å². The van der Waals surface area contributed by atoms with Crippen LogP contribution in [0.25, 0.3) is 0 Å². The summed E-state index contributed by atoms with van der Waals surface area (Å²) in [7, 11) is 6.88. The molecule has 0 aliphatic heterocycles. The first kappa shape index (κ1) is 19.4. The zero-order valence-corrected chi connectivity index (χ0v) is 15.9. The van der Waals surface area contributed by atoms with E-state index in [4.69, 9.17) is 14.2 Å². The van der Waals surface area contributed by atoms with Crippen molar-refractivity contribution in [1.29, 1.82) is 0 Å². The Morgan fingerprint density at radius 3 is 2.52 bits per heavy atom. The second-order valence-corrected chi connectivity index (χ2v) is 6.55. The number of ether oxygens (including phenoxy) is 3. The van der Waals surface area contributed by atoms with Gasteiger partial charge in [-0.25, -0.2) is 0 Å². The minimum atomic E-state index is 0.353. The van der Waals surface area contributed by atoms with Crippen LogP contribution in [0.15, 0.2) is 23.2 Å². The molecule has 1 aromatic carbocycles. The topological polar surface area (TPSA) is 64.1 Å². The molecule has 6 heteroatoms. The molecule has 6 nitrogen and oxygen atoms in total. The van der Waals surface area contributed by atoms with Crippen molar-refractivity contribution < 1.29 is 14.2 Å². The van der Waals surface area contributed by atoms with E-state index in [1.54, 1.807) is 28.4 Å². The van der Waals surface area contributed by atoms with Crippen molar-refractivity contribution in [3.05, 3.63) is 23.8 Å². The molecular formula is C19H31N3O3. The van der Waals surface area contributed by atoms with Crippen molar-refractivity contribution in [2.75, 3.05) is 41.5 Å². The number of benzene rings is 1. The maximum atomic E-state index is 5.44. The third kappa shape index (κ3) is 5.26. The molecule has 0 aromatic heterocycles. The lowest BCUT2D eigenvalue weighted by Gasteiger charge is -2.42. The molecule has 2 N–H and O–H groups in total. The van der Waals surface area contributed by atoms with Crippen LogP contribution in [-0.2, 0) is 11.3 Å². The van der Waals surface area contributed by atoms with Gasteiger partial charge in [-0.3, -0.25) is 4.99 Å². The molecule has 1 aliphatic carbocycles. The predicted octanol–water partition coefficient (Wildman–Crippen LogP) is 2.58. The lowest BCUT2D eigenvalue weighted by molar-refractivity contribution is 0.0732. The van der Waals surface area contributed by atoms with Gasteiger partial charge in [0.15, 0.2) is 5.96 Å². The van der Waals surface area contributed by atoms with Crippen LogP contribution in [0.2, 0.25) is 0 Å². The van der Waals surface area contributed by atoms with Gasteiger partial charge >= 0.3 is 0 Å². The van der Waals surface area contributed by atoms with E-state index < -0.39 is 0 Å². The highest BCUT2D eigenvalue weighted by Gasteiger charge is 2.36. The largest absolute Gasteiger partial charge is 0.497 e. The van der Waals surface area contributed by atoms with Gasteiger partial charge in [0.2, 0.25) is 0 Å². The van der Waals surface area contributed by atoms with Crippen molar-refractivity contribution in [2.24, 2.45) is 10.4 Å². The van der Waals surface area contributed by atoms with Gasteiger partial charge in [-0.15, -0.1) is 0 Å². The molecule has 25 heavy (non-hydrogen) atoms.